The number of ketones is 1. The van der Waals surface area contributed by atoms with E-state index in [0.29, 0.717) is 28.9 Å². The van der Waals surface area contributed by atoms with E-state index in [-0.39, 0.29) is 30.2 Å². The van der Waals surface area contributed by atoms with Gasteiger partial charge >= 0.3 is 0 Å². The normalized spacial score (nSPS) is 13.1. The molecule has 1 aliphatic heterocycles. The molecule has 0 radical (unpaired) electrons. The minimum atomic E-state index is -0.456. The van der Waals surface area contributed by atoms with Crippen molar-refractivity contribution in [3.8, 4) is 0 Å². The summed E-state index contributed by atoms with van der Waals surface area (Å²) in [7, 11) is 0. The number of anilines is 2. The van der Waals surface area contributed by atoms with Gasteiger partial charge in [0.25, 0.3) is 5.69 Å². The smallest absolute Gasteiger partial charge is 0.269 e. The predicted molar refractivity (Wildman–Crippen MR) is 114 cm³/mol. The number of hydrogen-bond donors (Lipinski definition) is 1. The maximum atomic E-state index is 13.0. The molecule has 0 spiro atoms. The highest BCUT2D eigenvalue weighted by Crippen LogP contribution is 2.36. The number of aliphatic hydroxyl groups is 1. The topological polar surface area (TPSA) is 96.6 Å². The summed E-state index contributed by atoms with van der Waals surface area (Å²) in [6.45, 7) is 0.202. The molecule has 7 nitrogen and oxygen atoms in total. The van der Waals surface area contributed by atoms with E-state index in [0.717, 1.165) is 5.69 Å². The fraction of sp³-hybridized carbons (Fsp3) is 0.130. The van der Waals surface area contributed by atoms with Crippen LogP contribution in [0.15, 0.2) is 78.5 Å². The molecule has 2 aromatic carbocycles. The molecule has 0 aliphatic carbocycles. The van der Waals surface area contributed by atoms with E-state index >= 15 is 0 Å². The quantitative estimate of drug-likeness (QED) is 0.478. The number of aliphatic hydroxyl groups excluding tert-OH is 1. The number of benzene rings is 2. The molecule has 1 N–H and O–H groups in total. The van der Waals surface area contributed by atoms with Crippen LogP contribution in [0.5, 0.6) is 0 Å². The molecule has 7 heteroatoms. The number of pyridine rings is 1. The van der Waals surface area contributed by atoms with Crippen molar-refractivity contribution in [2.75, 3.05) is 11.4 Å². The number of aryl methyl sites for hydroxylation is 1. The van der Waals surface area contributed by atoms with Crippen molar-refractivity contribution in [3.63, 3.8) is 0 Å². The Morgan fingerprint density at radius 1 is 1.10 bits per heavy atom. The lowest BCUT2D eigenvalue weighted by Crippen LogP contribution is -2.30. The van der Waals surface area contributed by atoms with Gasteiger partial charge in [-0.15, -0.1) is 0 Å². The van der Waals surface area contributed by atoms with Gasteiger partial charge in [-0.2, -0.15) is 0 Å². The van der Waals surface area contributed by atoms with Crippen molar-refractivity contribution in [1.82, 2.24) is 4.98 Å². The van der Waals surface area contributed by atoms with Crippen molar-refractivity contribution >= 4 is 28.7 Å². The maximum Gasteiger partial charge on any atom is 0.269 e. The monoisotopic (exact) mass is 401 g/mol. The number of non-ortho nitro benzene ring substituents is 1. The molecular weight excluding hydrogens is 382 g/mol. The van der Waals surface area contributed by atoms with Gasteiger partial charge in [-0.05, 0) is 36.2 Å². The second-order valence-electron chi connectivity index (χ2n) is 6.97. The van der Waals surface area contributed by atoms with Crippen LogP contribution in [0.1, 0.15) is 17.5 Å². The number of aromatic nitrogens is 1. The Balaban J connectivity index is 1.61. The van der Waals surface area contributed by atoms with Gasteiger partial charge < -0.3 is 10.0 Å². The summed E-state index contributed by atoms with van der Waals surface area (Å²) in [6.07, 6.45) is 2.14. The lowest BCUT2D eigenvalue weighted by molar-refractivity contribution is -0.384. The number of nitrogens with zero attached hydrogens (tertiary/aromatic N) is 3. The Morgan fingerprint density at radius 2 is 1.90 bits per heavy atom. The predicted octanol–water partition coefficient (Wildman–Crippen LogP) is 4.61. The van der Waals surface area contributed by atoms with E-state index < -0.39 is 4.92 Å². The van der Waals surface area contributed by atoms with Crippen molar-refractivity contribution in [2.45, 2.75) is 12.8 Å². The minimum absolute atomic E-state index is 0.00469. The minimum Gasteiger partial charge on any atom is -0.507 e. The van der Waals surface area contributed by atoms with E-state index in [1.54, 1.807) is 30.5 Å². The van der Waals surface area contributed by atoms with Gasteiger partial charge in [-0.1, -0.05) is 30.3 Å². The molecule has 0 amide bonds. The van der Waals surface area contributed by atoms with Crippen molar-refractivity contribution in [3.05, 3.63) is 99.7 Å². The first-order valence-electron chi connectivity index (χ1n) is 9.51. The first kappa shape index (κ1) is 19.3. The molecule has 1 aliphatic rings. The van der Waals surface area contributed by atoms with E-state index in [2.05, 4.69) is 4.98 Å². The van der Waals surface area contributed by atoms with E-state index in [1.807, 2.05) is 35.2 Å². The Kier molecular flexibility index (Phi) is 5.26. The van der Waals surface area contributed by atoms with E-state index in [1.165, 1.54) is 12.1 Å². The number of fused-ring (bicyclic) bond motifs is 1. The van der Waals surface area contributed by atoms with Crippen LogP contribution in [-0.2, 0) is 11.2 Å². The number of carbonyl (C=O) groups excluding carboxylic acids is 1. The number of Topliss-reactive ketones (excluding diaryl/α,β-unsaturated/α-hetero) is 1. The van der Waals surface area contributed by atoms with Crippen LogP contribution >= 0.6 is 0 Å². The third kappa shape index (κ3) is 3.77. The fourth-order valence-electron chi connectivity index (χ4n) is 3.54. The van der Waals surface area contributed by atoms with Gasteiger partial charge in [0.1, 0.15) is 11.6 Å². The summed E-state index contributed by atoms with van der Waals surface area (Å²) < 4.78 is 0. The highest BCUT2D eigenvalue weighted by atomic mass is 16.6. The second kappa shape index (κ2) is 8.16. The van der Waals surface area contributed by atoms with Gasteiger partial charge in [0.05, 0.1) is 22.6 Å². The van der Waals surface area contributed by atoms with Crippen LogP contribution < -0.4 is 4.90 Å². The van der Waals surface area contributed by atoms with Crippen molar-refractivity contribution < 1.29 is 14.8 Å². The summed E-state index contributed by atoms with van der Waals surface area (Å²) in [4.78, 5) is 29.8. The zero-order chi connectivity index (χ0) is 21.1. The number of hydrogen-bond acceptors (Lipinski definition) is 6. The largest absolute Gasteiger partial charge is 0.507 e. The summed E-state index contributed by atoms with van der Waals surface area (Å²) in [5.74, 6) is 0.334. The molecule has 150 valence electrons. The molecule has 1 aromatic heterocycles. The average molecular weight is 401 g/mol. The van der Waals surface area contributed by atoms with Crippen molar-refractivity contribution in [1.29, 1.82) is 0 Å². The molecule has 0 saturated heterocycles. The van der Waals surface area contributed by atoms with Crippen LogP contribution in [-0.4, -0.2) is 27.3 Å². The summed E-state index contributed by atoms with van der Waals surface area (Å²) in [6, 6.07) is 19.3. The van der Waals surface area contributed by atoms with Crippen molar-refractivity contribution in [2.24, 2.45) is 0 Å². The van der Waals surface area contributed by atoms with Crippen LogP contribution in [0.2, 0.25) is 0 Å². The lowest BCUT2D eigenvalue weighted by Gasteiger charge is -2.31. The SMILES string of the molecule is O=C(CCc1cccc([N+](=O)[O-])c1)C1=C(O)c2cccnc2N(c2ccccc2)C1. The molecule has 0 bridgehead atoms. The molecule has 2 heterocycles. The second-order valence-corrected chi connectivity index (χ2v) is 6.97. The maximum absolute atomic E-state index is 13.0. The van der Waals surface area contributed by atoms with Crippen LogP contribution in [0, 0.1) is 10.1 Å². The zero-order valence-electron chi connectivity index (χ0n) is 16.1. The third-order valence-corrected chi connectivity index (χ3v) is 5.07. The fourth-order valence-corrected chi connectivity index (χ4v) is 3.54. The average Bonchev–Trinajstić information content (AvgIpc) is 2.78. The van der Waals surface area contributed by atoms with E-state index in [9.17, 15) is 20.0 Å². The Bertz CT molecular complexity index is 1140. The highest BCUT2D eigenvalue weighted by Gasteiger charge is 2.29. The molecule has 3 aromatic rings. The van der Waals surface area contributed by atoms with Gasteiger partial charge in [0, 0.05) is 30.4 Å². The first-order valence-corrected chi connectivity index (χ1v) is 9.51. The Morgan fingerprint density at radius 3 is 2.67 bits per heavy atom. The summed E-state index contributed by atoms with van der Waals surface area (Å²) in [5.41, 5.74) is 2.38. The number of rotatable bonds is 6. The lowest BCUT2D eigenvalue weighted by atomic mass is 9.96. The Hall–Kier alpha value is -4.00. The molecule has 0 saturated carbocycles. The molecule has 30 heavy (non-hydrogen) atoms. The number of nitro groups is 1. The molecule has 0 fully saturated rings. The molecule has 4 rings (SSSR count). The zero-order valence-corrected chi connectivity index (χ0v) is 16.1. The van der Waals surface area contributed by atoms with Crippen LogP contribution in [0.4, 0.5) is 17.2 Å². The number of para-hydroxylation sites is 1. The van der Waals surface area contributed by atoms with Gasteiger partial charge in [0.2, 0.25) is 0 Å². The molecule has 0 unspecified atom stereocenters. The van der Waals surface area contributed by atoms with Gasteiger partial charge in [-0.3, -0.25) is 14.9 Å². The Labute approximate surface area is 173 Å². The van der Waals surface area contributed by atoms with E-state index in [4.69, 9.17) is 0 Å². The standard InChI is InChI=1S/C23H19N3O4/c27-21(12-11-16-6-4-9-18(14-16)26(29)30)20-15-25(17-7-2-1-3-8-17)23-19(22(20)28)10-5-13-24-23/h1-10,13-14,28H,11-12,15H2. The summed E-state index contributed by atoms with van der Waals surface area (Å²) in [5, 5.41) is 21.7. The number of carbonyl (C=O) groups is 1. The number of nitro benzene ring substituents is 1. The first-order chi connectivity index (χ1) is 14.5. The van der Waals surface area contributed by atoms with Crippen LogP contribution in [0.3, 0.4) is 0 Å². The molecular formula is C23H19N3O4. The van der Waals surface area contributed by atoms with Gasteiger partial charge in [-0.25, -0.2) is 4.98 Å². The summed E-state index contributed by atoms with van der Waals surface area (Å²) >= 11 is 0. The molecule has 0 atom stereocenters. The third-order valence-electron chi connectivity index (χ3n) is 5.07. The van der Waals surface area contributed by atoms with Crippen LogP contribution in [0.25, 0.3) is 5.76 Å². The van der Waals surface area contributed by atoms with Gasteiger partial charge in [0.15, 0.2) is 5.78 Å². The highest BCUT2D eigenvalue weighted by molar-refractivity contribution is 6.05.